The number of rotatable bonds is 6. The van der Waals surface area contributed by atoms with Crippen LogP contribution in [0.2, 0.25) is 0 Å². The van der Waals surface area contributed by atoms with Gasteiger partial charge in [0.25, 0.3) is 5.91 Å². The molecule has 0 aromatic carbocycles. The molecule has 0 spiro atoms. The third kappa shape index (κ3) is 14.5. The fourth-order valence-electron chi connectivity index (χ4n) is 3.50. The van der Waals surface area contributed by atoms with E-state index in [9.17, 15) is 15.0 Å². The van der Waals surface area contributed by atoms with Gasteiger partial charge in [0.15, 0.2) is 10.9 Å². The summed E-state index contributed by atoms with van der Waals surface area (Å²) in [6, 6.07) is 0. The van der Waals surface area contributed by atoms with Crippen LogP contribution in [0.15, 0.2) is 65.0 Å². The van der Waals surface area contributed by atoms with E-state index in [2.05, 4.69) is 10.3 Å². The summed E-state index contributed by atoms with van der Waals surface area (Å²) >= 11 is 1.52. The van der Waals surface area contributed by atoms with Crippen molar-refractivity contribution in [1.29, 1.82) is 0 Å². The van der Waals surface area contributed by atoms with Crippen LogP contribution in [0.3, 0.4) is 0 Å². The first-order valence-electron chi connectivity index (χ1n) is 13.6. The number of anilines is 1. The molecule has 0 radical (unpaired) electrons. The Morgan fingerprint density at radius 1 is 1.08 bits per heavy atom. The average Bonchev–Trinajstić information content (AvgIpc) is 3.28. The lowest BCUT2D eigenvalue weighted by Gasteiger charge is -2.20. The van der Waals surface area contributed by atoms with Gasteiger partial charge in [0.1, 0.15) is 5.76 Å². The molecule has 1 amide bonds. The fourth-order valence-corrected chi connectivity index (χ4v) is 4.42. The Bertz CT molecular complexity index is 945. The summed E-state index contributed by atoms with van der Waals surface area (Å²) in [7, 11) is 0. The smallest absolute Gasteiger partial charge is 0.257 e. The Balaban J connectivity index is 0.000000843. The lowest BCUT2D eigenvalue weighted by molar-refractivity contribution is -0.112. The Morgan fingerprint density at radius 2 is 1.73 bits per heavy atom. The minimum Gasteiger partial charge on any atom is -0.512 e. The van der Waals surface area contributed by atoms with Crippen molar-refractivity contribution in [2.45, 2.75) is 99.8 Å². The third-order valence-electron chi connectivity index (χ3n) is 5.45. The van der Waals surface area contributed by atoms with Gasteiger partial charge in [0.05, 0.1) is 5.76 Å². The van der Waals surface area contributed by atoms with E-state index >= 15 is 0 Å². The summed E-state index contributed by atoms with van der Waals surface area (Å²) in [5.74, 6) is 0.548. The fraction of sp³-hybridized carbons (Fsp3) is 0.533. The van der Waals surface area contributed by atoms with E-state index in [-0.39, 0.29) is 23.8 Å². The Hall–Kier alpha value is -2.80. The van der Waals surface area contributed by atoms with Crippen LogP contribution in [-0.4, -0.2) is 26.2 Å². The van der Waals surface area contributed by atoms with Crippen LogP contribution >= 0.6 is 11.3 Å². The van der Waals surface area contributed by atoms with Gasteiger partial charge in [-0.1, -0.05) is 84.4 Å². The van der Waals surface area contributed by atoms with E-state index in [0.29, 0.717) is 22.9 Å². The number of allylic oxidation sites excluding steroid dienone is 6. The molecule has 1 aromatic heterocycles. The van der Waals surface area contributed by atoms with Crippen molar-refractivity contribution in [2.75, 3.05) is 5.32 Å². The molecule has 1 heterocycles. The van der Waals surface area contributed by atoms with Gasteiger partial charge in [-0.2, -0.15) is 0 Å². The molecule has 0 aliphatic heterocycles. The molecule has 2 aliphatic rings. The van der Waals surface area contributed by atoms with Crippen molar-refractivity contribution in [3.05, 3.63) is 69.9 Å². The molecule has 0 unspecified atom stereocenters. The van der Waals surface area contributed by atoms with Crippen molar-refractivity contribution in [3.63, 3.8) is 0 Å². The van der Waals surface area contributed by atoms with Crippen LogP contribution in [0, 0.1) is 5.92 Å². The highest BCUT2D eigenvalue weighted by Gasteiger charge is 2.17. The van der Waals surface area contributed by atoms with E-state index in [1.165, 1.54) is 66.0 Å². The second-order valence-electron chi connectivity index (χ2n) is 8.58. The number of nitrogens with one attached hydrogen (secondary N) is 1. The number of carbonyl (C=O) groups is 1. The van der Waals surface area contributed by atoms with Gasteiger partial charge in [-0.3, -0.25) is 10.1 Å². The standard InChI is InChI=1S/C18H22N2O3S.C8H14O.2C2H6/c21-15-8-6-13(7-9-16(15)22)17(23)20-18-19-11-14(24-18)10-12-4-2-1-3-5-12;1-4-8(9)6-5-7(2)3;2*1-2/h6-8,11-12,21-22H,1-5,9-10H2,(H,19,20,23);5-6,9H,4H2,1-3H3;2*1-2H3/b;8-6+;;. The van der Waals surface area contributed by atoms with Crippen molar-refractivity contribution in [3.8, 4) is 0 Å². The molecular formula is C30H48N2O4S. The second-order valence-corrected chi connectivity index (χ2v) is 9.69. The minimum absolute atomic E-state index is 0.131. The molecular weight excluding hydrogens is 484 g/mol. The first-order valence-corrected chi connectivity index (χ1v) is 14.4. The summed E-state index contributed by atoms with van der Waals surface area (Å²) in [5.41, 5.74) is 1.60. The van der Waals surface area contributed by atoms with Crippen molar-refractivity contribution in [1.82, 2.24) is 4.98 Å². The van der Waals surface area contributed by atoms with E-state index < -0.39 is 0 Å². The molecule has 37 heavy (non-hydrogen) atoms. The monoisotopic (exact) mass is 532 g/mol. The lowest BCUT2D eigenvalue weighted by atomic mass is 9.87. The van der Waals surface area contributed by atoms with Crippen molar-refractivity contribution in [2.24, 2.45) is 5.92 Å². The molecule has 208 valence electrons. The van der Waals surface area contributed by atoms with Crippen molar-refractivity contribution < 1.29 is 20.1 Å². The van der Waals surface area contributed by atoms with Crippen LogP contribution in [-0.2, 0) is 11.2 Å². The molecule has 4 N–H and O–H groups in total. The second kappa shape index (κ2) is 20.3. The topological polar surface area (TPSA) is 103 Å². The summed E-state index contributed by atoms with van der Waals surface area (Å²) in [6.07, 6.45) is 18.3. The molecule has 0 saturated heterocycles. The molecule has 0 bridgehead atoms. The molecule has 1 saturated carbocycles. The first-order chi connectivity index (χ1) is 17.8. The molecule has 1 aromatic rings. The zero-order valence-electron chi connectivity index (χ0n) is 23.8. The minimum atomic E-state index is -0.285. The zero-order valence-corrected chi connectivity index (χ0v) is 24.6. The number of aliphatic hydroxyl groups excluding tert-OH is 3. The van der Waals surface area contributed by atoms with Gasteiger partial charge in [-0.25, -0.2) is 4.98 Å². The van der Waals surface area contributed by atoms with Crippen LogP contribution in [0.1, 0.15) is 98.3 Å². The van der Waals surface area contributed by atoms with Crippen LogP contribution in [0.5, 0.6) is 0 Å². The average molecular weight is 533 g/mol. The normalized spacial score (nSPS) is 15.4. The van der Waals surface area contributed by atoms with Gasteiger partial charge in [-0.05, 0) is 44.4 Å². The van der Waals surface area contributed by atoms with Gasteiger partial charge in [0.2, 0.25) is 0 Å². The number of nitrogens with zero attached hydrogens (tertiary/aromatic N) is 1. The zero-order chi connectivity index (χ0) is 28.2. The number of hydrogen-bond donors (Lipinski definition) is 4. The maximum atomic E-state index is 12.3. The first kappa shape index (κ1) is 34.2. The summed E-state index contributed by atoms with van der Waals surface area (Å²) in [4.78, 5) is 17.8. The summed E-state index contributed by atoms with van der Waals surface area (Å²) in [6.45, 7) is 13.9. The van der Waals surface area contributed by atoms with E-state index in [1.807, 2.05) is 60.7 Å². The molecule has 3 rings (SSSR count). The predicted octanol–water partition coefficient (Wildman–Crippen LogP) is 9.28. The molecule has 6 nitrogen and oxygen atoms in total. The number of amides is 1. The number of carbonyl (C=O) groups excluding carboxylic acids is 1. The SMILES string of the molecule is CC.CC.CC/C(O)=C\C=C(C)C.O=C(Nc1ncc(CC2CCCCC2)s1)C1=CCC(O)=C(O)C=C1. The van der Waals surface area contributed by atoms with Gasteiger partial charge in [-0.15, -0.1) is 11.3 Å². The molecule has 1 fully saturated rings. The number of aliphatic hydroxyl groups is 3. The van der Waals surface area contributed by atoms with Crippen molar-refractivity contribution >= 4 is 22.4 Å². The third-order valence-corrected chi connectivity index (χ3v) is 6.39. The molecule has 2 aliphatic carbocycles. The van der Waals surface area contributed by atoms with Gasteiger partial charge < -0.3 is 15.3 Å². The summed E-state index contributed by atoms with van der Waals surface area (Å²) < 4.78 is 0. The largest absolute Gasteiger partial charge is 0.512 e. The quantitative estimate of drug-likeness (QED) is 0.216. The number of hydrogen-bond acceptors (Lipinski definition) is 6. The Labute approximate surface area is 228 Å². The highest BCUT2D eigenvalue weighted by atomic mass is 32.1. The Morgan fingerprint density at radius 3 is 2.32 bits per heavy atom. The van der Waals surface area contributed by atoms with Gasteiger partial charge in [0, 0.05) is 29.5 Å². The number of aromatic nitrogens is 1. The van der Waals surface area contributed by atoms with Crippen LogP contribution < -0.4 is 5.32 Å². The Kier molecular flexibility index (Phi) is 18.7. The van der Waals surface area contributed by atoms with Crippen LogP contribution in [0.4, 0.5) is 5.13 Å². The highest BCUT2D eigenvalue weighted by molar-refractivity contribution is 7.15. The maximum Gasteiger partial charge on any atom is 0.257 e. The predicted molar refractivity (Wildman–Crippen MR) is 158 cm³/mol. The maximum absolute atomic E-state index is 12.3. The van der Waals surface area contributed by atoms with E-state index in [0.717, 1.165) is 12.3 Å². The lowest BCUT2D eigenvalue weighted by Crippen LogP contribution is -2.13. The van der Waals surface area contributed by atoms with Crippen LogP contribution in [0.25, 0.3) is 0 Å². The molecule has 0 atom stereocenters. The van der Waals surface area contributed by atoms with E-state index in [4.69, 9.17) is 5.11 Å². The summed E-state index contributed by atoms with van der Waals surface area (Å²) in [5, 5.41) is 31.3. The number of thiazole rings is 1. The molecule has 7 heteroatoms. The highest BCUT2D eigenvalue weighted by Crippen LogP contribution is 2.30. The van der Waals surface area contributed by atoms with E-state index in [1.54, 1.807) is 12.2 Å². The van der Waals surface area contributed by atoms with Gasteiger partial charge >= 0.3 is 0 Å².